The maximum atomic E-state index is 12.8. The quantitative estimate of drug-likeness (QED) is 0.838. The molecule has 1 saturated carbocycles. The van der Waals surface area contributed by atoms with E-state index in [1.165, 1.54) is 7.11 Å². The molecule has 1 aliphatic carbocycles. The van der Waals surface area contributed by atoms with Crippen molar-refractivity contribution in [2.45, 2.75) is 44.0 Å². The molecular formula is C15H24N2O3S. The Morgan fingerprint density at radius 2 is 2.00 bits per heavy atom. The number of methoxy groups -OCH3 is 1. The van der Waals surface area contributed by atoms with Gasteiger partial charge in [-0.15, -0.1) is 0 Å². The van der Waals surface area contributed by atoms with Crippen LogP contribution in [0.2, 0.25) is 0 Å². The van der Waals surface area contributed by atoms with Crippen molar-refractivity contribution >= 4 is 10.0 Å². The van der Waals surface area contributed by atoms with Crippen molar-refractivity contribution in [3.63, 3.8) is 0 Å². The van der Waals surface area contributed by atoms with Crippen LogP contribution in [0, 0.1) is 19.8 Å². The first-order chi connectivity index (χ1) is 9.73. The number of ether oxygens (including phenoxy) is 1. The van der Waals surface area contributed by atoms with Crippen molar-refractivity contribution in [1.29, 1.82) is 0 Å². The molecule has 0 spiro atoms. The summed E-state index contributed by atoms with van der Waals surface area (Å²) in [6.07, 6.45) is 2.03. The second kappa shape index (κ2) is 5.59. The van der Waals surface area contributed by atoms with Crippen LogP contribution in [0.15, 0.2) is 17.0 Å². The van der Waals surface area contributed by atoms with Crippen molar-refractivity contribution in [3.8, 4) is 5.75 Å². The maximum absolute atomic E-state index is 12.8. The fraction of sp³-hybridized carbons (Fsp3) is 0.600. The SMILES string of the molecule is COc1c(C)cc(C)cc1S(=O)(=O)NC(C)(CN)C1CC1. The summed E-state index contributed by atoms with van der Waals surface area (Å²) in [6, 6.07) is 3.54. The lowest BCUT2D eigenvalue weighted by Gasteiger charge is -2.29. The fourth-order valence-electron chi connectivity index (χ4n) is 2.75. The standard InChI is InChI=1S/C15H24N2O3S/c1-10-7-11(2)14(20-4)13(8-10)21(18,19)17-15(3,9-16)12-5-6-12/h7-8,12,17H,5-6,9,16H2,1-4H3. The van der Waals surface area contributed by atoms with E-state index in [4.69, 9.17) is 10.5 Å². The average Bonchev–Trinajstić information content (AvgIpc) is 3.22. The fourth-order valence-corrected chi connectivity index (χ4v) is 4.55. The third kappa shape index (κ3) is 3.22. The van der Waals surface area contributed by atoms with Gasteiger partial charge >= 0.3 is 0 Å². The normalized spacial score (nSPS) is 18.3. The molecule has 2 rings (SSSR count). The molecule has 1 aliphatic rings. The van der Waals surface area contributed by atoms with Crippen LogP contribution < -0.4 is 15.2 Å². The van der Waals surface area contributed by atoms with Gasteiger partial charge in [-0.2, -0.15) is 0 Å². The van der Waals surface area contributed by atoms with E-state index in [1.54, 1.807) is 6.07 Å². The number of hydrogen-bond acceptors (Lipinski definition) is 4. The summed E-state index contributed by atoms with van der Waals surface area (Å²) in [4.78, 5) is 0.183. The van der Waals surface area contributed by atoms with Gasteiger partial charge in [0.25, 0.3) is 0 Å². The number of rotatable bonds is 6. The van der Waals surface area contributed by atoms with Crippen molar-refractivity contribution in [1.82, 2.24) is 4.72 Å². The summed E-state index contributed by atoms with van der Waals surface area (Å²) in [7, 11) is -2.19. The van der Waals surface area contributed by atoms with E-state index in [2.05, 4.69) is 4.72 Å². The highest BCUT2D eigenvalue weighted by Gasteiger charge is 2.43. The second-order valence-electron chi connectivity index (χ2n) is 6.11. The van der Waals surface area contributed by atoms with Crippen LogP contribution in [0.25, 0.3) is 0 Å². The molecule has 0 bridgehead atoms. The molecule has 1 aromatic carbocycles. The highest BCUT2D eigenvalue weighted by molar-refractivity contribution is 7.89. The summed E-state index contributed by atoms with van der Waals surface area (Å²) >= 11 is 0. The van der Waals surface area contributed by atoms with Gasteiger partial charge in [0.15, 0.2) is 0 Å². The summed E-state index contributed by atoms with van der Waals surface area (Å²) in [5.41, 5.74) is 6.90. The molecule has 3 N–H and O–H groups in total. The average molecular weight is 312 g/mol. The molecule has 21 heavy (non-hydrogen) atoms. The van der Waals surface area contributed by atoms with Crippen molar-refractivity contribution in [2.75, 3.05) is 13.7 Å². The van der Waals surface area contributed by atoms with Crippen LogP contribution in [0.1, 0.15) is 30.9 Å². The van der Waals surface area contributed by atoms with Crippen LogP contribution in [0.4, 0.5) is 0 Å². The predicted molar refractivity (Wildman–Crippen MR) is 83.0 cm³/mol. The number of benzene rings is 1. The van der Waals surface area contributed by atoms with Crippen LogP contribution in [0.5, 0.6) is 5.75 Å². The number of nitrogens with one attached hydrogen (secondary N) is 1. The van der Waals surface area contributed by atoms with Crippen molar-refractivity contribution in [2.24, 2.45) is 11.7 Å². The summed E-state index contributed by atoms with van der Waals surface area (Å²) in [6.45, 7) is 5.86. The minimum atomic E-state index is -3.68. The first-order valence-corrected chi connectivity index (χ1v) is 8.61. The number of sulfonamides is 1. The molecular weight excluding hydrogens is 288 g/mol. The Kier molecular flexibility index (Phi) is 4.33. The van der Waals surface area contributed by atoms with Crippen molar-refractivity contribution < 1.29 is 13.2 Å². The molecule has 0 amide bonds. The van der Waals surface area contributed by atoms with E-state index in [1.807, 2.05) is 26.8 Å². The van der Waals surface area contributed by atoms with E-state index in [0.29, 0.717) is 11.7 Å². The van der Waals surface area contributed by atoms with Crippen LogP contribution in [-0.4, -0.2) is 27.6 Å². The third-order valence-corrected chi connectivity index (χ3v) is 5.77. The lowest BCUT2D eigenvalue weighted by Crippen LogP contribution is -2.53. The molecule has 0 radical (unpaired) electrons. The summed E-state index contributed by atoms with van der Waals surface area (Å²) in [5, 5.41) is 0. The summed E-state index contributed by atoms with van der Waals surface area (Å²) in [5.74, 6) is 0.706. The van der Waals surface area contributed by atoms with Gasteiger partial charge < -0.3 is 10.5 Å². The lowest BCUT2D eigenvalue weighted by molar-refractivity contribution is 0.370. The van der Waals surface area contributed by atoms with Gasteiger partial charge in [0.1, 0.15) is 10.6 Å². The van der Waals surface area contributed by atoms with E-state index in [9.17, 15) is 8.42 Å². The van der Waals surface area contributed by atoms with Gasteiger partial charge in [0.2, 0.25) is 10.0 Å². The number of aryl methyl sites for hydroxylation is 2. The van der Waals surface area contributed by atoms with Crippen LogP contribution in [-0.2, 0) is 10.0 Å². The molecule has 0 heterocycles. The molecule has 1 fully saturated rings. The Bertz CT molecular complexity index is 639. The largest absolute Gasteiger partial charge is 0.495 e. The zero-order valence-electron chi connectivity index (χ0n) is 13.1. The van der Waals surface area contributed by atoms with E-state index < -0.39 is 15.6 Å². The molecule has 118 valence electrons. The Morgan fingerprint density at radius 1 is 1.38 bits per heavy atom. The van der Waals surface area contributed by atoms with E-state index >= 15 is 0 Å². The first kappa shape index (κ1) is 16.3. The van der Waals surface area contributed by atoms with Gasteiger partial charge in [0, 0.05) is 12.1 Å². The molecule has 0 aliphatic heterocycles. The minimum absolute atomic E-state index is 0.183. The Hall–Kier alpha value is -1.11. The van der Waals surface area contributed by atoms with Gasteiger partial charge in [-0.1, -0.05) is 6.07 Å². The van der Waals surface area contributed by atoms with Gasteiger partial charge in [-0.25, -0.2) is 13.1 Å². The highest BCUT2D eigenvalue weighted by Crippen LogP contribution is 2.40. The van der Waals surface area contributed by atoms with Crippen LogP contribution in [0.3, 0.4) is 0 Å². The summed E-state index contributed by atoms with van der Waals surface area (Å²) < 4.78 is 33.6. The van der Waals surface area contributed by atoms with Gasteiger partial charge in [0.05, 0.1) is 7.11 Å². The lowest BCUT2D eigenvalue weighted by atomic mass is 9.98. The molecule has 1 aromatic rings. The Morgan fingerprint density at radius 3 is 2.48 bits per heavy atom. The molecule has 0 aromatic heterocycles. The third-order valence-electron chi connectivity index (χ3n) is 4.15. The highest BCUT2D eigenvalue weighted by atomic mass is 32.2. The molecule has 6 heteroatoms. The zero-order valence-corrected chi connectivity index (χ0v) is 13.9. The van der Waals surface area contributed by atoms with Crippen molar-refractivity contribution in [3.05, 3.63) is 23.3 Å². The molecule has 5 nitrogen and oxygen atoms in total. The number of hydrogen-bond donors (Lipinski definition) is 2. The Balaban J connectivity index is 2.44. The van der Waals surface area contributed by atoms with Gasteiger partial charge in [-0.05, 0) is 56.7 Å². The molecule has 0 saturated heterocycles. The topological polar surface area (TPSA) is 81.4 Å². The van der Waals surface area contributed by atoms with E-state index in [-0.39, 0.29) is 11.4 Å². The molecule has 1 unspecified atom stereocenters. The second-order valence-corrected chi connectivity index (χ2v) is 7.77. The predicted octanol–water partition coefficient (Wildman–Crippen LogP) is 1.72. The number of nitrogens with two attached hydrogens (primary N) is 1. The minimum Gasteiger partial charge on any atom is -0.495 e. The molecule has 1 atom stereocenters. The monoisotopic (exact) mass is 312 g/mol. The Labute approximate surface area is 126 Å². The first-order valence-electron chi connectivity index (χ1n) is 7.13. The van der Waals surface area contributed by atoms with Crippen LogP contribution >= 0.6 is 0 Å². The maximum Gasteiger partial charge on any atom is 0.244 e. The van der Waals surface area contributed by atoms with E-state index in [0.717, 1.165) is 24.0 Å². The zero-order chi connectivity index (χ0) is 15.8. The van der Waals surface area contributed by atoms with Gasteiger partial charge in [-0.3, -0.25) is 0 Å². The smallest absolute Gasteiger partial charge is 0.244 e.